The van der Waals surface area contributed by atoms with Gasteiger partial charge in [-0.3, -0.25) is 4.79 Å². The lowest BCUT2D eigenvalue weighted by Gasteiger charge is -2.33. The summed E-state index contributed by atoms with van der Waals surface area (Å²) in [5.74, 6) is -3.75. The highest BCUT2D eigenvalue weighted by molar-refractivity contribution is 6.33. The van der Waals surface area contributed by atoms with Crippen LogP contribution in [0.1, 0.15) is 40.2 Å². The van der Waals surface area contributed by atoms with Crippen LogP contribution in [0.15, 0.2) is 71.1 Å². The minimum atomic E-state index is -5.30. The standard InChI is InChI=1S/C29H24ClF3N4O4/c30-23-10-2-1-7-20(23)25-35-36-26(41-25)21-8-4-9-22(24(21)40-28(39)29(31,32)33)27(38)37-13-11-18(12-14-37)19-6-3-5-17(15-19)16-34/h1-10,15,18H,11-14,16,34H2. The van der Waals surface area contributed by atoms with E-state index in [-0.39, 0.29) is 28.8 Å². The van der Waals surface area contributed by atoms with Crippen LogP contribution in [0.4, 0.5) is 13.2 Å². The molecule has 8 nitrogen and oxygen atoms in total. The van der Waals surface area contributed by atoms with E-state index in [1.54, 1.807) is 24.3 Å². The van der Waals surface area contributed by atoms with Gasteiger partial charge in [-0.2, -0.15) is 13.2 Å². The van der Waals surface area contributed by atoms with E-state index in [4.69, 9.17) is 26.5 Å². The number of rotatable bonds is 6. The number of carbonyl (C=O) groups is 2. The van der Waals surface area contributed by atoms with Crippen molar-refractivity contribution in [2.75, 3.05) is 13.1 Å². The van der Waals surface area contributed by atoms with Crippen molar-refractivity contribution in [3.8, 4) is 28.7 Å². The van der Waals surface area contributed by atoms with Crippen molar-refractivity contribution in [1.82, 2.24) is 15.1 Å². The lowest BCUT2D eigenvalue weighted by atomic mass is 9.88. The molecule has 0 unspecified atom stereocenters. The molecular formula is C29H24ClF3N4O4. The van der Waals surface area contributed by atoms with Gasteiger partial charge in [0.25, 0.3) is 11.8 Å². The number of nitrogens with zero attached hydrogens (tertiary/aromatic N) is 3. The Labute approximate surface area is 237 Å². The van der Waals surface area contributed by atoms with Gasteiger partial charge in [-0.05, 0) is 54.2 Å². The molecule has 0 saturated carbocycles. The summed E-state index contributed by atoms with van der Waals surface area (Å²) < 4.78 is 50.2. The Kier molecular flexibility index (Phi) is 8.09. The van der Waals surface area contributed by atoms with Gasteiger partial charge in [0.05, 0.1) is 21.7 Å². The quantitative estimate of drug-likeness (QED) is 0.218. The number of likely N-dealkylation sites (tertiary alicyclic amines) is 1. The summed E-state index contributed by atoms with van der Waals surface area (Å²) in [6.07, 6.45) is -4.02. The number of amides is 1. The Hall–Kier alpha value is -4.22. The van der Waals surface area contributed by atoms with Crippen LogP contribution in [-0.4, -0.2) is 46.2 Å². The predicted molar refractivity (Wildman–Crippen MR) is 144 cm³/mol. The largest absolute Gasteiger partial charge is 0.491 e. The smallest absolute Gasteiger partial charge is 0.418 e. The maximum Gasteiger partial charge on any atom is 0.491 e. The van der Waals surface area contributed by atoms with E-state index in [0.29, 0.717) is 43.1 Å². The fraction of sp³-hybridized carbons (Fsp3) is 0.241. The van der Waals surface area contributed by atoms with Crippen LogP contribution in [0.5, 0.6) is 5.75 Å². The highest BCUT2D eigenvalue weighted by atomic mass is 35.5. The lowest BCUT2D eigenvalue weighted by Crippen LogP contribution is -2.38. The third kappa shape index (κ3) is 6.10. The molecule has 41 heavy (non-hydrogen) atoms. The van der Waals surface area contributed by atoms with Crippen LogP contribution < -0.4 is 10.5 Å². The molecule has 4 aromatic rings. The van der Waals surface area contributed by atoms with E-state index in [1.165, 1.54) is 23.1 Å². The summed E-state index contributed by atoms with van der Waals surface area (Å²) >= 11 is 6.20. The molecule has 1 aromatic heterocycles. The maximum atomic E-state index is 13.6. The molecule has 0 spiro atoms. The summed E-state index contributed by atoms with van der Waals surface area (Å²) in [6.45, 7) is 1.12. The summed E-state index contributed by atoms with van der Waals surface area (Å²) in [5.41, 5.74) is 7.90. The molecule has 0 aliphatic carbocycles. The second-order valence-corrected chi connectivity index (χ2v) is 9.88. The van der Waals surface area contributed by atoms with Gasteiger partial charge >= 0.3 is 12.1 Å². The average molecular weight is 585 g/mol. The Morgan fingerprint density at radius 2 is 1.63 bits per heavy atom. The fourth-order valence-corrected chi connectivity index (χ4v) is 4.99. The van der Waals surface area contributed by atoms with E-state index in [9.17, 15) is 22.8 Å². The molecule has 1 aliphatic heterocycles. The zero-order chi connectivity index (χ0) is 29.1. The third-order valence-corrected chi connectivity index (χ3v) is 7.20. The van der Waals surface area contributed by atoms with Gasteiger partial charge in [0, 0.05) is 19.6 Å². The van der Waals surface area contributed by atoms with Crippen molar-refractivity contribution in [2.24, 2.45) is 5.73 Å². The van der Waals surface area contributed by atoms with Gasteiger partial charge in [-0.1, -0.05) is 54.1 Å². The number of piperidine rings is 1. The number of hydrogen-bond acceptors (Lipinski definition) is 7. The molecule has 3 aromatic carbocycles. The zero-order valence-corrected chi connectivity index (χ0v) is 22.3. The maximum absolute atomic E-state index is 13.6. The molecule has 2 heterocycles. The first-order valence-electron chi connectivity index (χ1n) is 12.7. The Balaban J connectivity index is 1.45. The number of hydrogen-bond donors (Lipinski definition) is 1. The Morgan fingerprint density at radius 3 is 2.32 bits per heavy atom. The van der Waals surface area contributed by atoms with Crippen molar-refractivity contribution in [2.45, 2.75) is 31.5 Å². The van der Waals surface area contributed by atoms with Gasteiger partial charge in [0.2, 0.25) is 5.89 Å². The first-order chi connectivity index (χ1) is 19.7. The van der Waals surface area contributed by atoms with E-state index < -0.39 is 23.8 Å². The topological polar surface area (TPSA) is 112 Å². The van der Waals surface area contributed by atoms with Crippen LogP contribution in [0, 0.1) is 0 Å². The van der Waals surface area contributed by atoms with Crippen molar-refractivity contribution in [3.05, 3.63) is 88.4 Å². The molecule has 1 saturated heterocycles. The van der Waals surface area contributed by atoms with Crippen molar-refractivity contribution in [1.29, 1.82) is 0 Å². The van der Waals surface area contributed by atoms with Crippen LogP contribution >= 0.6 is 11.6 Å². The van der Waals surface area contributed by atoms with Crippen LogP contribution in [0.25, 0.3) is 22.9 Å². The lowest BCUT2D eigenvalue weighted by molar-refractivity contribution is -0.189. The minimum Gasteiger partial charge on any atom is -0.418 e. The van der Waals surface area contributed by atoms with Crippen molar-refractivity contribution in [3.63, 3.8) is 0 Å². The summed E-state index contributed by atoms with van der Waals surface area (Å²) in [7, 11) is 0. The summed E-state index contributed by atoms with van der Waals surface area (Å²) in [5, 5.41) is 8.18. The monoisotopic (exact) mass is 584 g/mol. The number of para-hydroxylation sites is 1. The van der Waals surface area contributed by atoms with E-state index in [1.807, 2.05) is 24.3 Å². The molecule has 2 N–H and O–H groups in total. The third-order valence-electron chi connectivity index (χ3n) is 6.87. The number of carbonyl (C=O) groups excluding carboxylic acids is 2. The average Bonchev–Trinajstić information content (AvgIpc) is 3.46. The predicted octanol–water partition coefficient (Wildman–Crippen LogP) is 6.00. The van der Waals surface area contributed by atoms with E-state index in [0.717, 1.165) is 11.1 Å². The van der Waals surface area contributed by atoms with Crippen LogP contribution in [0.3, 0.4) is 0 Å². The number of esters is 1. The second kappa shape index (κ2) is 11.7. The fourth-order valence-electron chi connectivity index (χ4n) is 4.77. The van der Waals surface area contributed by atoms with Gasteiger partial charge < -0.3 is 19.8 Å². The molecule has 0 radical (unpaired) electrons. The number of halogens is 4. The number of ether oxygens (including phenoxy) is 1. The molecular weight excluding hydrogens is 561 g/mol. The molecule has 1 aliphatic rings. The first kappa shape index (κ1) is 28.3. The normalized spacial score (nSPS) is 14.2. The number of nitrogens with two attached hydrogens (primary N) is 1. The summed E-state index contributed by atoms with van der Waals surface area (Å²) in [4.78, 5) is 27.1. The minimum absolute atomic E-state index is 0.00351. The molecule has 5 rings (SSSR count). The van der Waals surface area contributed by atoms with Crippen LogP contribution in [0.2, 0.25) is 5.02 Å². The highest BCUT2D eigenvalue weighted by Crippen LogP contribution is 2.38. The number of alkyl halides is 3. The van der Waals surface area contributed by atoms with E-state index >= 15 is 0 Å². The SMILES string of the molecule is NCc1cccc(C2CCN(C(=O)c3cccc(-c4nnc(-c5ccccc5Cl)o4)c3OC(=O)C(F)(F)F)CC2)c1. The van der Waals surface area contributed by atoms with Crippen molar-refractivity contribution >= 4 is 23.5 Å². The first-order valence-corrected chi connectivity index (χ1v) is 13.1. The Bertz CT molecular complexity index is 1580. The summed E-state index contributed by atoms with van der Waals surface area (Å²) in [6, 6.07) is 18.6. The Morgan fingerprint density at radius 1 is 0.976 bits per heavy atom. The molecule has 12 heteroatoms. The molecule has 212 valence electrons. The molecule has 0 bridgehead atoms. The molecule has 1 amide bonds. The molecule has 0 atom stereocenters. The number of benzene rings is 3. The van der Waals surface area contributed by atoms with Gasteiger partial charge in [0.15, 0.2) is 5.75 Å². The van der Waals surface area contributed by atoms with E-state index in [2.05, 4.69) is 10.2 Å². The molecule has 1 fully saturated rings. The highest BCUT2D eigenvalue weighted by Gasteiger charge is 2.43. The van der Waals surface area contributed by atoms with Crippen molar-refractivity contribution < 1.29 is 31.9 Å². The zero-order valence-electron chi connectivity index (χ0n) is 21.5. The van der Waals surface area contributed by atoms with Gasteiger partial charge in [0.1, 0.15) is 0 Å². The number of aromatic nitrogens is 2. The van der Waals surface area contributed by atoms with Gasteiger partial charge in [-0.25, -0.2) is 4.79 Å². The van der Waals surface area contributed by atoms with Crippen LogP contribution in [-0.2, 0) is 11.3 Å². The second-order valence-electron chi connectivity index (χ2n) is 9.48. The van der Waals surface area contributed by atoms with Gasteiger partial charge in [-0.15, -0.1) is 10.2 Å².